The van der Waals surface area contributed by atoms with Crippen molar-refractivity contribution >= 4 is 17.0 Å². The second kappa shape index (κ2) is 5.60. The molecule has 0 aliphatic carbocycles. The van der Waals surface area contributed by atoms with E-state index in [1.54, 1.807) is 0 Å². The van der Waals surface area contributed by atoms with Crippen LogP contribution in [0.25, 0.3) is 11.2 Å². The van der Waals surface area contributed by atoms with Crippen LogP contribution in [0.15, 0.2) is 12.7 Å². The van der Waals surface area contributed by atoms with Crippen molar-refractivity contribution in [1.82, 2.24) is 19.5 Å². The maximum atomic E-state index is 9.95. The number of aromatic nitrogens is 4. The van der Waals surface area contributed by atoms with Gasteiger partial charge in [0.2, 0.25) is 0 Å². The summed E-state index contributed by atoms with van der Waals surface area (Å²) < 4.78 is 6.85. The number of nitrogen functional groups attached to an aromatic ring is 1. The summed E-state index contributed by atoms with van der Waals surface area (Å²) in [6.45, 7) is -0.390. The molecular formula is C10H13MnN5O4. The first-order chi connectivity index (χ1) is 9.13. The predicted molar refractivity (Wildman–Crippen MR) is 62.7 cm³/mol. The molecule has 1 aliphatic heterocycles. The Morgan fingerprint density at radius 3 is 2.65 bits per heavy atom. The fraction of sp³-hybridized carbons (Fsp3) is 0.500. The van der Waals surface area contributed by atoms with Gasteiger partial charge in [0.05, 0.1) is 12.9 Å². The van der Waals surface area contributed by atoms with E-state index in [2.05, 4.69) is 15.0 Å². The van der Waals surface area contributed by atoms with Crippen molar-refractivity contribution in [3.8, 4) is 0 Å². The fourth-order valence-corrected chi connectivity index (χ4v) is 2.17. The average molecular weight is 322 g/mol. The minimum Gasteiger partial charge on any atom is -0.394 e. The van der Waals surface area contributed by atoms with E-state index in [0.717, 1.165) is 0 Å². The van der Waals surface area contributed by atoms with Crippen molar-refractivity contribution in [3.05, 3.63) is 12.7 Å². The molecule has 1 aliphatic rings. The predicted octanol–water partition coefficient (Wildman–Crippen LogP) is -1.98. The van der Waals surface area contributed by atoms with E-state index < -0.39 is 31.1 Å². The Balaban J connectivity index is 0.00000147. The van der Waals surface area contributed by atoms with Gasteiger partial charge in [-0.05, 0) is 0 Å². The topological polar surface area (TPSA) is 140 Å². The van der Waals surface area contributed by atoms with Crippen molar-refractivity contribution in [3.63, 3.8) is 0 Å². The zero-order valence-electron chi connectivity index (χ0n) is 10.2. The van der Waals surface area contributed by atoms with Crippen LogP contribution in [-0.4, -0.2) is 59.8 Å². The van der Waals surface area contributed by atoms with Gasteiger partial charge < -0.3 is 25.8 Å². The molecule has 0 spiro atoms. The van der Waals surface area contributed by atoms with E-state index in [0.29, 0.717) is 11.2 Å². The van der Waals surface area contributed by atoms with Crippen LogP contribution >= 0.6 is 0 Å². The molecule has 109 valence electrons. The van der Waals surface area contributed by atoms with Gasteiger partial charge >= 0.3 is 0 Å². The summed E-state index contributed by atoms with van der Waals surface area (Å²) in [6.07, 6.45) is -1.42. The number of imidazole rings is 1. The molecule has 2 aromatic heterocycles. The standard InChI is InChI=1S/C10H13N5O4.Mn/c11-8-5-9(13-2-12-8)15(3-14-5)10-7(18)6(17)4(1-16)19-10;/h2-4,6-7,10,16-18H,1H2,(H2,11,12,13);/t4-,6?,7?,10-;/m1./s1. The van der Waals surface area contributed by atoms with E-state index in [1.807, 2.05) is 0 Å². The first kappa shape index (κ1) is 15.1. The molecule has 2 unspecified atom stereocenters. The zero-order chi connectivity index (χ0) is 13.6. The Morgan fingerprint density at radius 1 is 1.25 bits per heavy atom. The third-order valence-corrected chi connectivity index (χ3v) is 3.18. The SMILES string of the molecule is Nc1ncnc2c1ncn2[C@@H]1O[C@H](CO)C(O)C1O.[Mn]. The molecule has 10 heteroatoms. The Morgan fingerprint density at radius 2 is 2.00 bits per heavy atom. The number of ether oxygens (including phenoxy) is 1. The van der Waals surface area contributed by atoms with Crippen molar-refractivity contribution < 1.29 is 37.1 Å². The number of anilines is 1. The van der Waals surface area contributed by atoms with Crippen LogP contribution in [0.4, 0.5) is 5.82 Å². The maximum Gasteiger partial charge on any atom is 0.167 e. The molecule has 0 bridgehead atoms. The monoisotopic (exact) mass is 322 g/mol. The van der Waals surface area contributed by atoms with Crippen molar-refractivity contribution in [2.24, 2.45) is 0 Å². The third-order valence-electron chi connectivity index (χ3n) is 3.18. The van der Waals surface area contributed by atoms with Crippen molar-refractivity contribution in [2.45, 2.75) is 24.5 Å². The largest absolute Gasteiger partial charge is 0.394 e. The van der Waals surface area contributed by atoms with Crippen LogP contribution in [0, 0.1) is 0 Å². The van der Waals surface area contributed by atoms with E-state index in [4.69, 9.17) is 15.6 Å². The minimum absolute atomic E-state index is 0. The number of nitrogens with two attached hydrogens (primary N) is 1. The summed E-state index contributed by atoms with van der Waals surface area (Å²) in [6, 6.07) is 0. The van der Waals surface area contributed by atoms with Crippen LogP contribution in [0.1, 0.15) is 6.23 Å². The van der Waals surface area contributed by atoms with Crippen LogP contribution in [0.5, 0.6) is 0 Å². The van der Waals surface area contributed by atoms with Gasteiger partial charge in [-0.1, -0.05) is 0 Å². The molecule has 5 N–H and O–H groups in total. The number of fused-ring (bicyclic) bond motifs is 1. The van der Waals surface area contributed by atoms with Gasteiger partial charge in [-0.15, -0.1) is 0 Å². The first-order valence-electron chi connectivity index (χ1n) is 5.69. The molecule has 0 saturated carbocycles. The molecular weight excluding hydrogens is 309 g/mol. The van der Waals surface area contributed by atoms with Crippen LogP contribution in [0.3, 0.4) is 0 Å². The summed E-state index contributed by atoms with van der Waals surface area (Å²) >= 11 is 0. The van der Waals surface area contributed by atoms with Crippen molar-refractivity contribution in [2.75, 3.05) is 12.3 Å². The Bertz CT molecular complexity index is 608. The average Bonchev–Trinajstić information content (AvgIpc) is 2.94. The van der Waals surface area contributed by atoms with Crippen LogP contribution in [0.2, 0.25) is 0 Å². The zero-order valence-corrected chi connectivity index (χ0v) is 11.3. The molecule has 20 heavy (non-hydrogen) atoms. The van der Waals surface area contributed by atoms with Gasteiger partial charge in [0.15, 0.2) is 17.7 Å². The smallest absolute Gasteiger partial charge is 0.167 e. The van der Waals surface area contributed by atoms with E-state index in [1.165, 1.54) is 17.2 Å². The van der Waals surface area contributed by atoms with E-state index in [-0.39, 0.29) is 22.9 Å². The summed E-state index contributed by atoms with van der Waals surface area (Å²) in [5.74, 6) is 0.218. The molecule has 0 amide bonds. The third kappa shape index (κ3) is 2.16. The number of hydrogen-bond donors (Lipinski definition) is 4. The van der Waals surface area contributed by atoms with Gasteiger partial charge in [0, 0.05) is 17.1 Å². The fourth-order valence-electron chi connectivity index (χ4n) is 2.17. The molecule has 9 nitrogen and oxygen atoms in total. The molecule has 4 atom stereocenters. The summed E-state index contributed by atoms with van der Waals surface area (Å²) in [4.78, 5) is 11.9. The molecule has 1 saturated heterocycles. The van der Waals surface area contributed by atoms with E-state index in [9.17, 15) is 10.2 Å². The summed E-state index contributed by atoms with van der Waals surface area (Å²) in [7, 11) is 0. The molecule has 1 fully saturated rings. The summed E-state index contributed by atoms with van der Waals surface area (Å²) in [5, 5.41) is 28.7. The summed E-state index contributed by atoms with van der Waals surface area (Å²) in [5.41, 5.74) is 6.44. The van der Waals surface area contributed by atoms with Crippen molar-refractivity contribution in [1.29, 1.82) is 0 Å². The molecule has 3 rings (SSSR count). The van der Waals surface area contributed by atoms with Gasteiger partial charge in [-0.2, -0.15) is 0 Å². The van der Waals surface area contributed by atoms with Gasteiger partial charge in [0.1, 0.15) is 30.2 Å². The van der Waals surface area contributed by atoms with Gasteiger partial charge in [0.25, 0.3) is 0 Å². The number of aliphatic hydroxyl groups excluding tert-OH is 3. The van der Waals surface area contributed by atoms with Crippen LogP contribution < -0.4 is 5.73 Å². The van der Waals surface area contributed by atoms with Gasteiger partial charge in [-0.3, -0.25) is 4.57 Å². The Labute approximate surface area is 123 Å². The normalized spacial score (nSPS) is 29.6. The Hall–Kier alpha value is -1.29. The van der Waals surface area contributed by atoms with Crippen LogP contribution in [-0.2, 0) is 21.8 Å². The Kier molecular flexibility index (Phi) is 4.23. The maximum absolute atomic E-state index is 9.95. The first-order valence-corrected chi connectivity index (χ1v) is 5.69. The number of aliphatic hydroxyl groups is 3. The molecule has 3 heterocycles. The van der Waals surface area contributed by atoms with Gasteiger partial charge in [-0.25, -0.2) is 15.0 Å². The number of nitrogens with zero attached hydrogens (tertiary/aromatic N) is 4. The molecule has 0 aromatic carbocycles. The quantitative estimate of drug-likeness (QED) is 0.466. The second-order valence-electron chi connectivity index (χ2n) is 4.31. The minimum atomic E-state index is -1.19. The number of rotatable bonds is 2. The molecule has 2 aromatic rings. The second-order valence-corrected chi connectivity index (χ2v) is 4.31. The number of hydrogen-bond acceptors (Lipinski definition) is 8. The molecule has 1 radical (unpaired) electrons. The van der Waals surface area contributed by atoms with E-state index >= 15 is 0 Å².